The van der Waals surface area contributed by atoms with E-state index < -0.39 is 11.9 Å². The summed E-state index contributed by atoms with van der Waals surface area (Å²) in [5.41, 5.74) is 0.155. The van der Waals surface area contributed by atoms with Gasteiger partial charge in [-0.3, -0.25) is 4.79 Å². The first-order chi connectivity index (χ1) is 8.40. The second-order valence-electron chi connectivity index (χ2n) is 4.14. The van der Waals surface area contributed by atoms with Crippen LogP contribution < -0.4 is 0 Å². The quantitative estimate of drug-likeness (QED) is 0.752. The number of aldehydes is 1. The van der Waals surface area contributed by atoms with Crippen LogP contribution in [0.15, 0.2) is 18.2 Å². The molecule has 0 unspecified atom stereocenters. The molecule has 1 heterocycles. The Hall–Kier alpha value is -1.78. The van der Waals surface area contributed by atoms with Gasteiger partial charge >= 0.3 is 6.18 Å². The van der Waals surface area contributed by atoms with E-state index in [0.29, 0.717) is 17.3 Å². The number of carbonyl (C=O) groups is 1. The molecule has 2 nitrogen and oxygen atoms in total. The summed E-state index contributed by atoms with van der Waals surface area (Å²) in [6, 6.07) is 5.04. The molecule has 0 aliphatic rings. The van der Waals surface area contributed by atoms with E-state index in [1.165, 1.54) is 7.05 Å². The SMILES string of the molecule is CCc1ccc2c(c1)c(C=O)c(C(F)(F)F)n2C. The number of carbonyl (C=O) groups excluding carboxylic acids is 1. The third-order valence-corrected chi connectivity index (χ3v) is 3.10. The Kier molecular flexibility index (Phi) is 2.92. The molecule has 0 N–H and O–H groups in total. The average molecular weight is 255 g/mol. The molecule has 96 valence electrons. The van der Waals surface area contributed by atoms with Crippen LogP contribution in [-0.2, 0) is 19.6 Å². The Morgan fingerprint density at radius 2 is 2.00 bits per heavy atom. The molecule has 1 aromatic carbocycles. The van der Waals surface area contributed by atoms with Gasteiger partial charge in [-0.05, 0) is 24.1 Å². The minimum atomic E-state index is -4.53. The number of aryl methyl sites for hydroxylation is 2. The van der Waals surface area contributed by atoms with E-state index in [9.17, 15) is 18.0 Å². The van der Waals surface area contributed by atoms with Crippen molar-refractivity contribution in [1.29, 1.82) is 0 Å². The van der Waals surface area contributed by atoms with Gasteiger partial charge in [-0.2, -0.15) is 13.2 Å². The number of hydrogen-bond acceptors (Lipinski definition) is 1. The van der Waals surface area contributed by atoms with Crippen LogP contribution in [-0.4, -0.2) is 10.9 Å². The van der Waals surface area contributed by atoms with Crippen molar-refractivity contribution in [3.8, 4) is 0 Å². The van der Waals surface area contributed by atoms with Gasteiger partial charge in [-0.15, -0.1) is 0 Å². The Labute approximate surface area is 102 Å². The zero-order valence-corrected chi connectivity index (χ0v) is 10.0. The van der Waals surface area contributed by atoms with Crippen molar-refractivity contribution in [3.05, 3.63) is 35.0 Å². The van der Waals surface area contributed by atoms with Crippen molar-refractivity contribution < 1.29 is 18.0 Å². The maximum absolute atomic E-state index is 12.9. The van der Waals surface area contributed by atoms with Gasteiger partial charge in [0.1, 0.15) is 5.69 Å². The summed E-state index contributed by atoms with van der Waals surface area (Å²) in [6.45, 7) is 1.91. The molecule has 1 aromatic heterocycles. The Morgan fingerprint density at radius 3 is 2.50 bits per heavy atom. The van der Waals surface area contributed by atoms with Gasteiger partial charge < -0.3 is 4.57 Å². The molecular formula is C13H12F3NO. The van der Waals surface area contributed by atoms with Gasteiger partial charge in [0, 0.05) is 18.0 Å². The second-order valence-corrected chi connectivity index (χ2v) is 4.14. The first-order valence-electron chi connectivity index (χ1n) is 5.53. The molecule has 2 aromatic rings. The standard InChI is InChI=1S/C13H12F3NO/c1-3-8-4-5-11-9(6-8)10(7-18)12(17(11)2)13(14,15)16/h4-7H,3H2,1-2H3. The molecular weight excluding hydrogens is 243 g/mol. The highest BCUT2D eigenvalue weighted by molar-refractivity contribution is 6.00. The molecule has 2 rings (SSSR count). The molecule has 0 fully saturated rings. The highest BCUT2D eigenvalue weighted by Crippen LogP contribution is 2.36. The average Bonchev–Trinajstić information content (AvgIpc) is 2.61. The van der Waals surface area contributed by atoms with Crippen molar-refractivity contribution in [2.45, 2.75) is 19.5 Å². The predicted molar refractivity (Wildman–Crippen MR) is 62.7 cm³/mol. The molecule has 0 radical (unpaired) electrons. The minimum Gasteiger partial charge on any atom is -0.339 e. The zero-order chi connectivity index (χ0) is 13.5. The molecule has 0 saturated heterocycles. The monoisotopic (exact) mass is 255 g/mol. The van der Waals surface area contributed by atoms with Gasteiger partial charge in [0.05, 0.1) is 5.56 Å². The van der Waals surface area contributed by atoms with Gasteiger partial charge in [-0.1, -0.05) is 13.0 Å². The van der Waals surface area contributed by atoms with Gasteiger partial charge in [0.25, 0.3) is 0 Å². The number of hydrogen-bond donors (Lipinski definition) is 0. The lowest BCUT2D eigenvalue weighted by molar-refractivity contribution is -0.143. The summed E-state index contributed by atoms with van der Waals surface area (Å²) in [7, 11) is 1.32. The smallest absolute Gasteiger partial charge is 0.339 e. The Bertz CT molecular complexity index is 611. The molecule has 0 bridgehead atoms. The van der Waals surface area contributed by atoms with Crippen LogP contribution in [0.5, 0.6) is 0 Å². The molecule has 0 atom stereocenters. The van der Waals surface area contributed by atoms with E-state index in [1.54, 1.807) is 18.2 Å². The fourth-order valence-electron chi connectivity index (χ4n) is 2.20. The van der Waals surface area contributed by atoms with Crippen molar-refractivity contribution in [2.75, 3.05) is 0 Å². The number of halogens is 3. The van der Waals surface area contributed by atoms with E-state index in [1.807, 2.05) is 6.92 Å². The minimum absolute atomic E-state index is 0.282. The lowest BCUT2D eigenvalue weighted by Crippen LogP contribution is -2.13. The summed E-state index contributed by atoms with van der Waals surface area (Å²) in [6.07, 6.45) is -3.54. The summed E-state index contributed by atoms with van der Waals surface area (Å²) < 4.78 is 39.8. The number of rotatable bonds is 2. The first-order valence-corrected chi connectivity index (χ1v) is 5.53. The maximum Gasteiger partial charge on any atom is 0.432 e. The molecule has 0 aliphatic carbocycles. The molecule has 0 spiro atoms. The van der Waals surface area contributed by atoms with Crippen LogP contribution in [0.1, 0.15) is 28.5 Å². The van der Waals surface area contributed by atoms with Crippen LogP contribution in [0.25, 0.3) is 10.9 Å². The second kappa shape index (κ2) is 4.15. The van der Waals surface area contributed by atoms with Crippen LogP contribution in [0.2, 0.25) is 0 Å². The van der Waals surface area contributed by atoms with E-state index in [4.69, 9.17) is 0 Å². The van der Waals surface area contributed by atoms with Crippen LogP contribution in [0, 0.1) is 0 Å². The molecule has 18 heavy (non-hydrogen) atoms. The van der Waals surface area contributed by atoms with Crippen molar-refractivity contribution in [3.63, 3.8) is 0 Å². The molecule has 5 heteroatoms. The summed E-state index contributed by atoms with van der Waals surface area (Å²) in [4.78, 5) is 11.0. The highest BCUT2D eigenvalue weighted by atomic mass is 19.4. The van der Waals surface area contributed by atoms with Gasteiger partial charge in [-0.25, -0.2) is 0 Å². The van der Waals surface area contributed by atoms with Crippen LogP contribution in [0.3, 0.4) is 0 Å². The van der Waals surface area contributed by atoms with Crippen molar-refractivity contribution in [1.82, 2.24) is 4.57 Å². The van der Waals surface area contributed by atoms with E-state index in [-0.39, 0.29) is 11.8 Å². The number of alkyl halides is 3. The van der Waals surface area contributed by atoms with E-state index in [0.717, 1.165) is 10.1 Å². The topological polar surface area (TPSA) is 22.0 Å². The molecule has 0 amide bonds. The normalized spacial score (nSPS) is 12.1. The Balaban J connectivity index is 2.88. The predicted octanol–water partition coefficient (Wildman–Crippen LogP) is 3.57. The maximum atomic E-state index is 12.9. The van der Waals surface area contributed by atoms with Crippen LogP contribution >= 0.6 is 0 Å². The zero-order valence-electron chi connectivity index (χ0n) is 10.0. The number of fused-ring (bicyclic) bond motifs is 1. The van der Waals surface area contributed by atoms with E-state index in [2.05, 4.69) is 0 Å². The largest absolute Gasteiger partial charge is 0.432 e. The summed E-state index contributed by atoms with van der Waals surface area (Å²) in [5, 5.41) is 0.360. The van der Waals surface area contributed by atoms with Crippen molar-refractivity contribution >= 4 is 17.2 Å². The third kappa shape index (κ3) is 1.79. The Morgan fingerprint density at radius 1 is 1.33 bits per heavy atom. The fourth-order valence-corrected chi connectivity index (χ4v) is 2.20. The van der Waals surface area contributed by atoms with Crippen LogP contribution in [0.4, 0.5) is 13.2 Å². The fraction of sp³-hybridized carbons (Fsp3) is 0.308. The summed E-state index contributed by atoms with van der Waals surface area (Å²) in [5.74, 6) is 0. The van der Waals surface area contributed by atoms with Gasteiger partial charge in [0.15, 0.2) is 6.29 Å². The van der Waals surface area contributed by atoms with Crippen molar-refractivity contribution in [2.24, 2.45) is 7.05 Å². The van der Waals surface area contributed by atoms with E-state index >= 15 is 0 Å². The number of benzene rings is 1. The first kappa shape index (κ1) is 12.7. The third-order valence-electron chi connectivity index (χ3n) is 3.10. The lowest BCUT2D eigenvalue weighted by atomic mass is 10.1. The summed E-state index contributed by atoms with van der Waals surface area (Å²) >= 11 is 0. The number of nitrogens with zero attached hydrogens (tertiary/aromatic N) is 1. The number of aromatic nitrogens is 1. The lowest BCUT2D eigenvalue weighted by Gasteiger charge is -2.08. The highest BCUT2D eigenvalue weighted by Gasteiger charge is 2.38. The molecule has 0 aliphatic heterocycles. The molecule has 0 saturated carbocycles. The van der Waals surface area contributed by atoms with Gasteiger partial charge in [0.2, 0.25) is 0 Å².